The molecular weight excluding hydrogens is 386 g/mol. The Labute approximate surface area is 154 Å². The molecule has 3 rings (SSSR count). The zero-order valence-electron chi connectivity index (χ0n) is 13.9. The predicted octanol–water partition coefficient (Wildman–Crippen LogP) is 5.01. The summed E-state index contributed by atoms with van der Waals surface area (Å²) in [4.78, 5) is 8.14. The summed E-state index contributed by atoms with van der Waals surface area (Å²) in [5, 5.41) is 0. The Balaban J connectivity index is 2.04. The molecule has 3 aromatic rings. The molecule has 0 aliphatic rings. The van der Waals surface area contributed by atoms with Crippen LogP contribution in [0.2, 0.25) is 0 Å². The van der Waals surface area contributed by atoms with Crippen molar-refractivity contribution in [1.29, 1.82) is 0 Å². The third kappa shape index (κ3) is 3.85. The van der Waals surface area contributed by atoms with Crippen LogP contribution in [-0.4, -0.2) is 9.97 Å². The summed E-state index contributed by atoms with van der Waals surface area (Å²) in [6.07, 6.45) is -9.00. The lowest BCUT2D eigenvalue weighted by Crippen LogP contribution is -2.07. The van der Waals surface area contributed by atoms with E-state index in [0.29, 0.717) is 0 Å². The Morgan fingerprint density at radius 3 is 1.14 bits per heavy atom. The van der Waals surface area contributed by atoms with E-state index in [4.69, 9.17) is 11.5 Å². The number of benzene rings is 2. The minimum Gasteiger partial charge on any atom is -0.382 e. The standard InChI is InChI=1S/C18H12F6N4/c19-17(20,21)11-5-1-9(2-6-11)13-15(25)28-16(26)14(27-13)10-3-7-12(8-4-10)18(22,23)24/h1-8H,(H4,25,26,28). The van der Waals surface area contributed by atoms with Crippen molar-refractivity contribution < 1.29 is 26.3 Å². The molecule has 4 N–H and O–H groups in total. The van der Waals surface area contributed by atoms with Gasteiger partial charge in [-0.2, -0.15) is 26.3 Å². The molecule has 0 fully saturated rings. The zero-order chi connectivity index (χ0) is 20.7. The van der Waals surface area contributed by atoms with E-state index < -0.39 is 23.5 Å². The number of hydrogen-bond acceptors (Lipinski definition) is 4. The molecular formula is C18H12F6N4. The highest BCUT2D eigenvalue weighted by molar-refractivity contribution is 5.78. The first kappa shape index (κ1) is 19.5. The van der Waals surface area contributed by atoms with Crippen molar-refractivity contribution in [2.75, 3.05) is 11.5 Å². The van der Waals surface area contributed by atoms with Crippen LogP contribution in [0.4, 0.5) is 38.0 Å². The third-order valence-corrected chi connectivity index (χ3v) is 3.92. The van der Waals surface area contributed by atoms with E-state index in [2.05, 4.69) is 9.97 Å². The van der Waals surface area contributed by atoms with E-state index in [-0.39, 0.29) is 34.2 Å². The van der Waals surface area contributed by atoms with Gasteiger partial charge in [0.15, 0.2) is 11.6 Å². The first-order valence-electron chi connectivity index (χ1n) is 7.75. The molecule has 0 saturated carbocycles. The first-order chi connectivity index (χ1) is 13.0. The van der Waals surface area contributed by atoms with Crippen molar-refractivity contribution in [1.82, 2.24) is 9.97 Å². The lowest BCUT2D eigenvalue weighted by atomic mass is 10.1. The summed E-state index contributed by atoms with van der Waals surface area (Å²) < 4.78 is 76.2. The summed E-state index contributed by atoms with van der Waals surface area (Å²) >= 11 is 0. The highest BCUT2D eigenvalue weighted by atomic mass is 19.4. The van der Waals surface area contributed by atoms with Gasteiger partial charge in [0.1, 0.15) is 11.4 Å². The van der Waals surface area contributed by atoms with Gasteiger partial charge in [0.2, 0.25) is 0 Å². The van der Waals surface area contributed by atoms with E-state index in [1.165, 1.54) is 24.3 Å². The van der Waals surface area contributed by atoms with Gasteiger partial charge in [0, 0.05) is 11.1 Å². The quantitative estimate of drug-likeness (QED) is 0.595. The normalized spacial score (nSPS) is 12.2. The molecule has 146 valence electrons. The van der Waals surface area contributed by atoms with Gasteiger partial charge in [-0.1, -0.05) is 24.3 Å². The third-order valence-electron chi connectivity index (χ3n) is 3.92. The molecule has 0 aliphatic heterocycles. The molecule has 10 heteroatoms. The highest BCUT2D eigenvalue weighted by Crippen LogP contribution is 2.35. The maximum absolute atomic E-state index is 12.7. The molecule has 0 saturated heterocycles. The molecule has 1 heterocycles. The van der Waals surface area contributed by atoms with Crippen molar-refractivity contribution in [2.24, 2.45) is 0 Å². The average molecular weight is 398 g/mol. The van der Waals surface area contributed by atoms with Crippen molar-refractivity contribution >= 4 is 11.6 Å². The molecule has 1 aromatic heterocycles. The number of anilines is 2. The van der Waals surface area contributed by atoms with Gasteiger partial charge in [0.25, 0.3) is 0 Å². The predicted molar refractivity (Wildman–Crippen MR) is 91.7 cm³/mol. The molecule has 0 bridgehead atoms. The SMILES string of the molecule is Nc1nc(N)c(-c2ccc(C(F)(F)F)cc2)nc1-c1ccc(C(F)(F)F)cc1. The van der Waals surface area contributed by atoms with E-state index in [1.807, 2.05) is 0 Å². The van der Waals surface area contributed by atoms with Gasteiger partial charge in [-0.25, -0.2) is 9.97 Å². The molecule has 0 atom stereocenters. The van der Waals surface area contributed by atoms with Crippen LogP contribution in [0.3, 0.4) is 0 Å². The Kier molecular flexibility index (Phi) is 4.66. The highest BCUT2D eigenvalue weighted by Gasteiger charge is 2.31. The van der Waals surface area contributed by atoms with Crippen molar-refractivity contribution in [2.45, 2.75) is 12.4 Å². The van der Waals surface area contributed by atoms with E-state index >= 15 is 0 Å². The van der Waals surface area contributed by atoms with Gasteiger partial charge in [-0.15, -0.1) is 0 Å². The topological polar surface area (TPSA) is 77.8 Å². The number of aromatic nitrogens is 2. The van der Waals surface area contributed by atoms with Gasteiger partial charge >= 0.3 is 12.4 Å². The second-order valence-electron chi connectivity index (χ2n) is 5.84. The lowest BCUT2D eigenvalue weighted by molar-refractivity contribution is -0.138. The van der Waals surface area contributed by atoms with Crippen LogP contribution in [0, 0.1) is 0 Å². The molecule has 0 spiro atoms. The largest absolute Gasteiger partial charge is 0.416 e. The van der Waals surface area contributed by atoms with Crippen LogP contribution in [0.5, 0.6) is 0 Å². The van der Waals surface area contributed by atoms with Gasteiger partial charge in [-0.3, -0.25) is 0 Å². The fraction of sp³-hybridized carbons (Fsp3) is 0.111. The van der Waals surface area contributed by atoms with Gasteiger partial charge in [0.05, 0.1) is 11.1 Å². The van der Waals surface area contributed by atoms with Crippen molar-refractivity contribution in [3.8, 4) is 22.5 Å². The van der Waals surface area contributed by atoms with Crippen LogP contribution in [0.25, 0.3) is 22.5 Å². The smallest absolute Gasteiger partial charge is 0.382 e. The molecule has 2 aromatic carbocycles. The van der Waals surface area contributed by atoms with E-state index in [9.17, 15) is 26.3 Å². The van der Waals surface area contributed by atoms with E-state index in [0.717, 1.165) is 24.3 Å². The molecule has 4 nitrogen and oxygen atoms in total. The number of nitrogens with zero attached hydrogens (tertiary/aromatic N) is 2. The Hall–Kier alpha value is -3.30. The summed E-state index contributed by atoms with van der Waals surface area (Å²) in [7, 11) is 0. The summed E-state index contributed by atoms with van der Waals surface area (Å²) in [6, 6.07) is 8.17. The number of halogens is 6. The lowest BCUT2D eigenvalue weighted by Gasteiger charge is -2.12. The number of alkyl halides is 6. The Morgan fingerprint density at radius 1 is 0.536 bits per heavy atom. The Morgan fingerprint density at radius 2 is 0.857 bits per heavy atom. The van der Waals surface area contributed by atoms with Crippen LogP contribution in [-0.2, 0) is 12.4 Å². The van der Waals surface area contributed by atoms with Crippen LogP contribution >= 0.6 is 0 Å². The fourth-order valence-corrected chi connectivity index (χ4v) is 2.52. The zero-order valence-corrected chi connectivity index (χ0v) is 13.9. The number of hydrogen-bond donors (Lipinski definition) is 2. The molecule has 0 radical (unpaired) electrons. The molecule has 0 amide bonds. The molecule has 0 unspecified atom stereocenters. The number of nitrogen functional groups attached to an aromatic ring is 2. The second kappa shape index (κ2) is 6.70. The summed E-state index contributed by atoms with van der Waals surface area (Å²) in [5.74, 6) is -0.235. The monoisotopic (exact) mass is 398 g/mol. The second-order valence-corrected chi connectivity index (χ2v) is 5.84. The van der Waals surface area contributed by atoms with E-state index in [1.54, 1.807) is 0 Å². The fourth-order valence-electron chi connectivity index (χ4n) is 2.52. The molecule has 0 aliphatic carbocycles. The maximum Gasteiger partial charge on any atom is 0.416 e. The minimum absolute atomic E-state index is 0.0674. The van der Waals surface area contributed by atoms with Crippen LogP contribution in [0.1, 0.15) is 11.1 Å². The van der Waals surface area contributed by atoms with Crippen LogP contribution < -0.4 is 11.5 Å². The maximum atomic E-state index is 12.7. The van der Waals surface area contributed by atoms with Crippen molar-refractivity contribution in [3.05, 3.63) is 59.7 Å². The van der Waals surface area contributed by atoms with Crippen molar-refractivity contribution in [3.63, 3.8) is 0 Å². The average Bonchev–Trinajstić information content (AvgIpc) is 2.61. The minimum atomic E-state index is -4.50. The Bertz CT molecular complexity index is 914. The summed E-state index contributed by atoms with van der Waals surface area (Å²) in [6.45, 7) is 0. The van der Waals surface area contributed by atoms with Gasteiger partial charge < -0.3 is 11.5 Å². The van der Waals surface area contributed by atoms with Gasteiger partial charge in [-0.05, 0) is 24.3 Å². The molecule has 28 heavy (non-hydrogen) atoms. The first-order valence-corrected chi connectivity index (χ1v) is 7.75. The number of rotatable bonds is 2. The summed E-state index contributed by atoms with van der Waals surface area (Å²) in [5.41, 5.74) is 10.5. The number of nitrogens with two attached hydrogens (primary N) is 2. The van der Waals surface area contributed by atoms with Crippen LogP contribution in [0.15, 0.2) is 48.5 Å².